The van der Waals surface area contributed by atoms with E-state index in [9.17, 15) is 4.79 Å². The maximum atomic E-state index is 12.6. The second kappa shape index (κ2) is 5.72. The molecule has 0 saturated carbocycles. The lowest BCUT2D eigenvalue weighted by atomic mass is 9.87. The fourth-order valence-electron chi connectivity index (χ4n) is 3.60. The van der Waals surface area contributed by atoms with Crippen LogP contribution in [0.5, 0.6) is 0 Å². The largest absolute Gasteiger partial charge is 0.360 e. The Bertz CT molecular complexity index is 993. The number of thiophene rings is 1. The summed E-state index contributed by atoms with van der Waals surface area (Å²) < 4.78 is 6.07. The van der Waals surface area contributed by atoms with E-state index in [-0.39, 0.29) is 5.91 Å². The van der Waals surface area contributed by atoms with Gasteiger partial charge in [-0.2, -0.15) is 0 Å². The fraction of sp³-hybridized carbons (Fsp3) is 0.250. The third-order valence-electron chi connectivity index (χ3n) is 5.01. The first kappa shape index (κ1) is 15.7. The first-order chi connectivity index (χ1) is 12.6. The number of fused-ring (bicyclic) bond motifs is 2. The van der Waals surface area contributed by atoms with E-state index in [0.717, 1.165) is 26.6 Å². The number of benzene rings is 1. The number of amides is 1. The van der Waals surface area contributed by atoms with Gasteiger partial charge in [-0.05, 0) is 19.1 Å². The number of likely N-dealkylation sites (tertiary alicyclic amines) is 1. The second-order valence-electron chi connectivity index (χ2n) is 6.77. The van der Waals surface area contributed by atoms with Crippen LogP contribution in [0.1, 0.15) is 25.8 Å². The van der Waals surface area contributed by atoms with Crippen LogP contribution in [0.3, 0.4) is 0 Å². The zero-order valence-corrected chi connectivity index (χ0v) is 15.1. The summed E-state index contributed by atoms with van der Waals surface area (Å²) in [5, 5.41) is 0. The molecular weight excluding hydrogens is 346 g/mol. The van der Waals surface area contributed by atoms with Crippen molar-refractivity contribution in [1.82, 2.24) is 14.9 Å². The molecule has 1 aromatic carbocycles. The zero-order chi connectivity index (χ0) is 17.7. The molecule has 130 valence electrons. The molecule has 0 radical (unpaired) electrons. The van der Waals surface area contributed by atoms with Crippen LogP contribution < -0.4 is 0 Å². The monoisotopic (exact) mass is 363 g/mol. The molecule has 0 unspecified atom stereocenters. The first-order valence-electron chi connectivity index (χ1n) is 8.56. The van der Waals surface area contributed by atoms with Crippen molar-refractivity contribution < 1.29 is 9.53 Å². The molecule has 2 aliphatic heterocycles. The van der Waals surface area contributed by atoms with Crippen LogP contribution in [-0.2, 0) is 16.9 Å². The third-order valence-corrected chi connectivity index (χ3v) is 6.00. The Hall–Kier alpha value is -2.57. The Kier molecular flexibility index (Phi) is 3.45. The van der Waals surface area contributed by atoms with Crippen molar-refractivity contribution in [3.63, 3.8) is 0 Å². The van der Waals surface area contributed by atoms with Crippen LogP contribution in [0.2, 0.25) is 0 Å². The number of carbonyl (C=O) groups is 1. The van der Waals surface area contributed by atoms with Crippen molar-refractivity contribution in [2.75, 3.05) is 13.1 Å². The summed E-state index contributed by atoms with van der Waals surface area (Å²) in [6.07, 6.45) is 1.87. The van der Waals surface area contributed by atoms with Crippen molar-refractivity contribution >= 4 is 17.2 Å². The van der Waals surface area contributed by atoms with Crippen molar-refractivity contribution in [3.8, 4) is 11.4 Å². The third kappa shape index (κ3) is 2.37. The van der Waals surface area contributed by atoms with Gasteiger partial charge in [0.25, 0.3) is 5.91 Å². The van der Waals surface area contributed by atoms with Crippen molar-refractivity contribution in [1.29, 1.82) is 0 Å². The Morgan fingerprint density at radius 2 is 2.00 bits per heavy atom. The van der Waals surface area contributed by atoms with E-state index in [1.807, 2.05) is 60.5 Å². The van der Waals surface area contributed by atoms with Gasteiger partial charge in [-0.25, -0.2) is 9.97 Å². The smallest absolute Gasteiger partial charge is 0.264 e. The molecule has 5 rings (SSSR count). The highest BCUT2D eigenvalue weighted by Gasteiger charge is 2.52. The summed E-state index contributed by atoms with van der Waals surface area (Å²) in [6, 6.07) is 13.8. The molecule has 1 spiro atoms. The zero-order valence-electron chi connectivity index (χ0n) is 14.3. The molecule has 5 nitrogen and oxygen atoms in total. The average Bonchev–Trinajstić information content (AvgIpc) is 3.24. The summed E-state index contributed by atoms with van der Waals surface area (Å²) in [6.45, 7) is 3.60. The van der Waals surface area contributed by atoms with Gasteiger partial charge in [0.2, 0.25) is 0 Å². The molecule has 3 aromatic rings. The summed E-state index contributed by atoms with van der Waals surface area (Å²) in [7, 11) is 0. The summed E-state index contributed by atoms with van der Waals surface area (Å²) in [5.74, 6) is 0.791. The van der Waals surface area contributed by atoms with Gasteiger partial charge >= 0.3 is 0 Å². The lowest BCUT2D eigenvalue weighted by Crippen LogP contribution is -2.61. The summed E-state index contributed by atoms with van der Waals surface area (Å²) in [4.78, 5) is 25.6. The van der Waals surface area contributed by atoms with E-state index >= 15 is 0 Å². The van der Waals surface area contributed by atoms with Gasteiger partial charge in [-0.1, -0.05) is 30.3 Å². The summed E-state index contributed by atoms with van der Waals surface area (Å²) >= 11 is 1.53. The number of ether oxygens (including phenoxy) is 1. The molecule has 0 N–H and O–H groups in total. The predicted molar refractivity (Wildman–Crippen MR) is 98.9 cm³/mol. The molecule has 1 amide bonds. The number of hydrogen-bond acceptors (Lipinski definition) is 5. The standard InChI is InChI=1S/C20H17N3O2S/c1-13-7-8-17(26-13)19(24)23-11-20(12-23)15-9-21-18(22-16(15)10-25-20)14-5-3-2-4-6-14/h2-9H,10-12H2,1H3. The minimum absolute atomic E-state index is 0.0765. The quantitative estimate of drug-likeness (QED) is 0.700. The molecule has 1 saturated heterocycles. The molecule has 2 aliphatic rings. The molecule has 4 heterocycles. The van der Waals surface area contributed by atoms with Crippen LogP contribution in [0.4, 0.5) is 0 Å². The minimum Gasteiger partial charge on any atom is -0.360 e. The Morgan fingerprint density at radius 3 is 2.73 bits per heavy atom. The average molecular weight is 363 g/mol. The topological polar surface area (TPSA) is 55.3 Å². The van der Waals surface area contributed by atoms with Crippen LogP contribution in [0.25, 0.3) is 11.4 Å². The van der Waals surface area contributed by atoms with Crippen LogP contribution >= 0.6 is 11.3 Å². The number of carbonyl (C=O) groups excluding carboxylic acids is 1. The number of hydrogen-bond donors (Lipinski definition) is 0. The van der Waals surface area contributed by atoms with Gasteiger partial charge in [0.15, 0.2) is 5.82 Å². The van der Waals surface area contributed by atoms with E-state index in [1.165, 1.54) is 11.3 Å². The Balaban J connectivity index is 1.37. The predicted octanol–water partition coefficient (Wildman–Crippen LogP) is 3.40. The van der Waals surface area contributed by atoms with Crippen LogP contribution in [0, 0.1) is 6.92 Å². The highest BCUT2D eigenvalue weighted by Crippen LogP contribution is 2.43. The van der Waals surface area contributed by atoms with E-state index in [1.54, 1.807) is 0 Å². The molecule has 0 bridgehead atoms. The maximum Gasteiger partial charge on any atom is 0.264 e. The highest BCUT2D eigenvalue weighted by molar-refractivity contribution is 7.13. The molecule has 1 fully saturated rings. The lowest BCUT2D eigenvalue weighted by molar-refractivity contribution is -0.126. The van der Waals surface area contributed by atoms with Crippen LogP contribution in [0.15, 0.2) is 48.7 Å². The molecule has 26 heavy (non-hydrogen) atoms. The highest BCUT2D eigenvalue weighted by atomic mass is 32.1. The number of rotatable bonds is 2. The van der Waals surface area contributed by atoms with Gasteiger partial charge in [0.1, 0.15) is 5.60 Å². The molecule has 2 aromatic heterocycles. The van der Waals surface area contributed by atoms with Crippen LogP contribution in [-0.4, -0.2) is 33.9 Å². The molecule has 0 aliphatic carbocycles. The summed E-state index contributed by atoms with van der Waals surface area (Å²) in [5.41, 5.74) is 2.50. The second-order valence-corrected chi connectivity index (χ2v) is 8.06. The number of aromatic nitrogens is 2. The van der Waals surface area contributed by atoms with E-state index in [4.69, 9.17) is 9.72 Å². The Labute approximate surface area is 155 Å². The SMILES string of the molecule is Cc1ccc(C(=O)N2CC3(C2)OCc2nc(-c4ccccc4)ncc23)s1. The van der Waals surface area contributed by atoms with Gasteiger partial charge in [0, 0.05) is 22.2 Å². The normalized spacial score (nSPS) is 17.2. The lowest BCUT2D eigenvalue weighted by Gasteiger charge is -2.47. The van der Waals surface area contributed by atoms with Gasteiger partial charge in [-0.15, -0.1) is 11.3 Å². The van der Waals surface area contributed by atoms with Gasteiger partial charge in [0.05, 0.1) is 30.3 Å². The van der Waals surface area contributed by atoms with E-state index in [0.29, 0.717) is 25.5 Å². The molecule has 6 heteroatoms. The molecule has 0 atom stereocenters. The van der Waals surface area contributed by atoms with Gasteiger partial charge < -0.3 is 9.64 Å². The van der Waals surface area contributed by atoms with Gasteiger partial charge in [-0.3, -0.25) is 4.79 Å². The van der Waals surface area contributed by atoms with Crippen molar-refractivity contribution in [2.45, 2.75) is 19.1 Å². The fourth-order valence-corrected chi connectivity index (χ4v) is 4.43. The number of aryl methyl sites for hydroxylation is 1. The first-order valence-corrected chi connectivity index (χ1v) is 9.38. The van der Waals surface area contributed by atoms with E-state index in [2.05, 4.69) is 4.98 Å². The maximum absolute atomic E-state index is 12.6. The Morgan fingerprint density at radius 1 is 1.19 bits per heavy atom. The van der Waals surface area contributed by atoms with Crippen molar-refractivity contribution in [3.05, 3.63) is 69.7 Å². The van der Waals surface area contributed by atoms with Crippen molar-refractivity contribution in [2.24, 2.45) is 0 Å². The minimum atomic E-state index is -0.438. The van der Waals surface area contributed by atoms with E-state index < -0.39 is 5.60 Å². The molecular formula is C20H17N3O2S. The number of nitrogens with zero attached hydrogens (tertiary/aromatic N) is 3.